The zero-order chi connectivity index (χ0) is 30.0. The van der Waals surface area contributed by atoms with Crippen LogP contribution in [-0.2, 0) is 32.6 Å². The van der Waals surface area contributed by atoms with Crippen molar-refractivity contribution >= 4 is 27.5 Å². The molecule has 8 nitrogen and oxygen atoms in total. The highest BCUT2D eigenvalue weighted by atomic mass is 32.2. The van der Waals surface area contributed by atoms with Crippen LogP contribution < -0.4 is 14.4 Å². The van der Waals surface area contributed by atoms with Gasteiger partial charge in [-0.15, -0.1) is 0 Å². The number of hydrogen-bond acceptors (Lipinski definition) is 5. The van der Waals surface area contributed by atoms with E-state index < -0.39 is 28.5 Å². The van der Waals surface area contributed by atoms with E-state index in [9.17, 15) is 18.0 Å². The van der Waals surface area contributed by atoms with E-state index >= 15 is 0 Å². The Labute approximate surface area is 244 Å². The van der Waals surface area contributed by atoms with Crippen molar-refractivity contribution in [1.29, 1.82) is 0 Å². The van der Waals surface area contributed by atoms with Gasteiger partial charge in [0.1, 0.15) is 18.3 Å². The van der Waals surface area contributed by atoms with Gasteiger partial charge in [-0.3, -0.25) is 13.9 Å². The molecule has 0 heterocycles. The number of carbonyl (C=O) groups is 2. The molecule has 0 aliphatic heterocycles. The number of rotatable bonds is 14. The zero-order valence-electron chi connectivity index (χ0n) is 24.5. The maximum Gasteiger partial charge on any atom is 0.244 e. The Hall–Kier alpha value is -3.85. The number of sulfonamides is 1. The molecular weight excluding hydrogens is 538 g/mol. The molecule has 0 radical (unpaired) electrons. The van der Waals surface area contributed by atoms with E-state index in [4.69, 9.17) is 4.74 Å². The molecule has 41 heavy (non-hydrogen) atoms. The summed E-state index contributed by atoms with van der Waals surface area (Å²) in [5, 5.41) is 2.94. The predicted octanol–water partition coefficient (Wildman–Crippen LogP) is 4.75. The summed E-state index contributed by atoms with van der Waals surface area (Å²) < 4.78 is 32.4. The second kappa shape index (κ2) is 14.7. The standard InChI is InChI=1S/C32H41N3O5S/c1-6-19-33-32(37)30(21-25-11-8-7-9-12-25)34(22-26-13-10-14-29(20-26)40-4)31(36)23-35(41(5,38)39)28-17-15-27(16-18-28)24(2)3/h7-18,20,24,30H,6,19,21-23H2,1-5H3,(H,33,37)/t30-/m0/s1. The van der Waals surface area contributed by atoms with Crippen LogP contribution in [0.15, 0.2) is 78.9 Å². The average molecular weight is 580 g/mol. The first kappa shape index (κ1) is 31.7. The van der Waals surface area contributed by atoms with Gasteiger partial charge in [-0.05, 0) is 53.3 Å². The van der Waals surface area contributed by atoms with E-state index in [2.05, 4.69) is 19.2 Å². The number of carbonyl (C=O) groups excluding carboxylic acids is 2. The summed E-state index contributed by atoms with van der Waals surface area (Å²) >= 11 is 0. The number of amides is 2. The zero-order valence-corrected chi connectivity index (χ0v) is 25.4. The van der Waals surface area contributed by atoms with E-state index in [1.807, 2.05) is 67.6 Å². The Kier molecular flexibility index (Phi) is 11.3. The molecule has 0 aromatic heterocycles. The van der Waals surface area contributed by atoms with E-state index in [1.165, 1.54) is 4.90 Å². The molecule has 1 N–H and O–H groups in total. The molecule has 0 unspecified atom stereocenters. The first-order chi connectivity index (χ1) is 19.5. The van der Waals surface area contributed by atoms with Crippen LogP contribution in [0.2, 0.25) is 0 Å². The number of anilines is 1. The lowest BCUT2D eigenvalue weighted by Gasteiger charge is -2.33. The summed E-state index contributed by atoms with van der Waals surface area (Å²) in [5.74, 6) is 0.113. The van der Waals surface area contributed by atoms with Crippen LogP contribution in [-0.4, -0.2) is 57.6 Å². The van der Waals surface area contributed by atoms with Crippen molar-refractivity contribution < 1.29 is 22.7 Å². The molecule has 0 saturated carbocycles. The molecule has 220 valence electrons. The van der Waals surface area contributed by atoms with Crippen LogP contribution in [0.3, 0.4) is 0 Å². The van der Waals surface area contributed by atoms with Gasteiger partial charge in [-0.25, -0.2) is 8.42 Å². The summed E-state index contributed by atoms with van der Waals surface area (Å²) in [5.41, 5.74) is 3.09. The predicted molar refractivity (Wildman–Crippen MR) is 163 cm³/mol. The van der Waals surface area contributed by atoms with Gasteiger partial charge in [-0.1, -0.05) is 75.4 Å². The van der Waals surface area contributed by atoms with Gasteiger partial charge in [0.05, 0.1) is 19.1 Å². The highest BCUT2D eigenvalue weighted by Gasteiger charge is 2.33. The minimum atomic E-state index is -3.82. The summed E-state index contributed by atoms with van der Waals surface area (Å²) in [4.78, 5) is 29.2. The molecule has 0 bridgehead atoms. The van der Waals surface area contributed by atoms with Crippen LogP contribution in [0.1, 0.15) is 49.8 Å². The van der Waals surface area contributed by atoms with E-state index in [1.54, 1.807) is 25.3 Å². The monoisotopic (exact) mass is 579 g/mol. The van der Waals surface area contributed by atoms with Crippen LogP contribution in [0.25, 0.3) is 0 Å². The highest BCUT2D eigenvalue weighted by molar-refractivity contribution is 7.92. The quantitative estimate of drug-likeness (QED) is 0.297. The summed E-state index contributed by atoms with van der Waals surface area (Å²) in [6.45, 7) is 6.18. The number of nitrogens with zero attached hydrogens (tertiary/aromatic N) is 2. The number of methoxy groups -OCH3 is 1. The second-order valence-corrected chi connectivity index (χ2v) is 12.3. The maximum atomic E-state index is 14.1. The van der Waals surface area contributed by atoms with Crippen molar-refractivity contribution in [1.82, 2.24) is 10.2 Å². The van der Waals surface area contributed by atoms with Gasteiger partial charge in [-0.2, -0.15) is 0 Å². The third-order valence-electron chi connectivity index (χ3n) is 6.83. The lowest BCUT2D eigenvalue weighted by Crippen LogP contribution is -2.53. The van der Waals surface area contributed by atoms with Crippen molar-refractivity contribution in [3.63, 3.8) is 0 Å². The molecular formula is C32H41N3O5S. The minimum Gasteiger partial charge on any atom is -0.497 e. The molecule has 0 fully saturated rings. The maximum absolute atomic E-state index is 14.1. The minimum absolute atomic E-state index is 0.0942. The normalized spacial score (nSPS) is 12.0. The van der Waals surface area contributed by atoms with Crippen molar-refractivity contribution in [2.75, 3.05) is 30.8 Å². The van der Waals surface area contributed by atoms with Crippen molar-refractivity contribution in [2.45, 2.75) is 52.1 Å². The molecule has 3 rings (SSSR count). The third-order valence-corrected chi connectivity index (χ3v) is 7.97. The molecule has 3 aromatic rings. The lowest BCUT2D eigenvalue weighted by molar-refractivity contribution is -0.140. The molecule has 2 amide bonds. The highest BCUT2D eigenvalue weighted by Crippen LogP contribution is 2.24. The molecule has 0 saturated heterocycles. The smallest absolute Gasteiger partial charge is 0.244 e. The van der Waals surface area contributed by atoms with Gasteiger partial charge in [0.15, 0.2) is 0 Å². The van der Waals surface area contributed by atoms with Crippen LogP contribution in [0.5, 0.6) is 5.75 Å². The largest absolute Gasteiger partial charge is 0.497 e. The van der Waals surface area contributed by atoms with E-state index in [0.717, 1.165) is 33.7 Å². The van der Waals surface area contributed by atoms with Gasteiger partial charge < -0.3 is 15.0 Å². The van der Waals surface area contributed by atoms with Gasteiger partial charge in [0.2, 0.25) is 21.8 Å². The molecule has 3 aromatic carbocycles. The fourth-order valence-corrected chi connectivity index (χ4v) is 5.38. The lowest BCUT2D eigenvalue weighted by atomic mass is 10.0. The van der Waals surface area contributed by atoms with Gasteiger partial charge in [0, 0.05) is 19.5 Å². The molecule has 1 atom stereocenters. The molecule has 0 aliphatic rings. The van der Waals surface area contributed by atoms with Crippen LogP contribution in [0, 0.1) is 0 Å². The summed E-state index contributed by atoms with van der Waals surface area (Å²) in [6, 6.07) is 23.1. The fraction of sp³-hybridized carbons (Fsp3) is 0.375. The van der Waals surface area contributed by atoms with E-state index in [-0.39, 0.29) is 24.8 Å². The molecule has 0 aliphatic carbocycles. The third kappa shape index (κ3) is 9.08. The van der Waals surface area contributed by atoms with Gasteiger partial charge >= 0.3 is 0 Å². The topological polar surface area (TPSA) is 96.0 Å². The van der Waals surface area contributed by atoms with Crippen LogP contribution in [0.4, 0.5) is 5.69 Å². The number of hydrogen-bond donors (Lipinski definition) is 1. The Morgan fingerprint density at radius 3 is 2.17 bits per heavy atom. The van der Waals surface area contributed by atoms with Crippen molar-refractivity contribution in [3.05, 3.63) is 95.6 Å². The number of benzene rings is 3. The first-order valence-corrected chi connectivity index (χ1v) is 15.7. The Morgan fingerprint density at radius 1 is 0.927 bits per heavy atom. The summed E-state index contributed by atoms with van der Waals surface area (Å²) in [7, 11) is -2.25. The Morgan fingerprint density at radius 2 is 1.59 bits per heavy atom. The van der Waals surface area contributed by atoms with Gasteiger partial charge in [0.25, 0.3) is 0 Å². The van der Waals surface area contributed by atoms with E-state index in [0.29, 0.717) is 18.0 Å². The molecule has 9 heteroatoms. The average Bonchev–Trinajstić information content (AvgIpc) is 2.96. The Bertz CT molecular complexity index is 1390. The van der Waals surface area contributed by atoms with Crippen LogP contribution >= 0.6 is 0 Å². The Balaban J connectivity index is 2.04. The first-order valence-electron chi connectivity index (χ1n) is 13.8. The fourth-order valence-electron chi connectivity index (χ4n) is 4.53. The van der Waals surface area contributed by atoms with Crippen molar-refractivity contribution in [2.24, 2.45) is 0 Å². The number of nitrogens with one attached hydrogen (secondary N) is 1. The number of ether oxygens (including phenoxy) is 1. The molecule has 0 spiro atoms. The van der Waals surface area contributed by atoms with Crippen molar-refractivity contribution in [3.8, 4) is 5.75 Å². The SMILES string of the molecule is CCCNC(=O)[C@H](Cc1ccccc1)N(Cc1cccc(OC)c1)C(=O)CN(c1ccc(C(C)C)cc1)S(C)(=O)=O. The summed E-state index contributed by atoms with van der Waals surface area (Å²) in [6.07, 6.45) is 2.09. The second-order valence-electron chi connectivity index (χ2n) is 10.4.